The Kier molecular flexibility index (Phi) is 3.46. The van der Waals surface area contributed by atoms with Gasteiger partial charge in [-0.2, -0.15) is 0 Å². The average Bonchev–Trinajstić information content (AvgIpc) is 2.32. The average molecular weight is 249 g/mol. The summed E-state index contributed by atoms with van der Waals surface area (Å²) in [4.78, 5) is 0. The summed E-state index contributed by atoms with van der Waals surface area (Å²) in [5, 5.41) is 12.4. The van der Waals surface area contributed by atoms with Crippen LogP contribution in [0.1, 0.15) is 11.1 Å². The predicted octanol–water partition coefficient (Wildman–Crippen LogP) is 3.59. The first-order valence-corrected chi connectivity index (χ1v) is 5.53. The molecule has 0 aliphatic rings. The van der Waals surface area contributed by atoms with E-state index in [1.807, 2.05) is 6.92 Å². The van der Waals surface area contributed by atoms with E-state index in [-0.39, 0.29) is 5.75 Å². The third-order valence-corrected chi connectivity index (χ3v) is 2.68. The quantitative estimate of drug-likeness (QED) is 0.815. The van der Waals surface area contributed by atoms with Crippen molar-refractivity contribution in [1.29, 1.82) is 0 Å². The lowest BCUT2D eigenvalue weighted by atomic mass is 10.1. The molecule has 0 saturated carbocycles. The van der Waals surface area contributed by atoms with E-state index in [1.165, 1.54) is 6.07 Å². The van der Waals surface area contributed by atoms with Crippen molar-refractivity contribution in [3.63, 3.8) is 0 Å². The molecule has 0 aliphatic carbocycles. The van der Waals surface area contributed by atoms with Gasteiger partial charge in [0.25, 0.3) is 0 Å². The van der Waals surface area contributed by atoms with E-state index in [2.05, 4.69) is 5.32 Å². The van der Waals surface area contributed by atoms with Crippen molar-refractivity contribution in [3.05, 3.63) is 59.2 Å². The number of hydrogen-bond donors (Lipinski definition) is 2. The molecule has 94 valence electrons. The van der Waals surface area contributed by atoms with Crippen LogP contribution in [0.2, 0.25) is 0 Å². The van der Waals surface area contributed by atoms with Crippen LogP contribution in [-0.4, -0.2) is 5.11 Å². The lowest BCUT2D eigenvalue weighted by Gasteiger charge is -2.10. The van der Waals surface area contributed by atoms with Crippen molar-refractivity contribution in [2.45, 2.75) is 13.5 Å². The summed E-state index contributed by atoms with van der Waals surface area (Å²) in [5.74, 6) is -1.50. The summed E-state index contributed by atoms with van der Waals surface area (Å²) < 4.78 is 25.7. The highest BCUT2D eigenvalue weighted by molar-refractivity contribution is 5.53. The topological polar surface area (TPSA) is 32.3 Å². The molecule has 0 heterocycles. The zero-order chi connectivity index (χ0) is 13.1. The molecule has 0 aliphatic heterocycles. The number of aryl methyl sites for hydroxylation is 1. The lowest BCUT2D eigenvalue weighted by molar-refractivity contribution is 0.475. The molecule has 0 fully saturated rings. The van der Waals surface area contributed by atoms with Gasteiger partial charge in [-0.3, -0.25) is 0 Å². The minimum absolute atomic E-state index is 0.200. The third kappa shape index (κ3) is 2.77. The Balaban J connectivity index is 2.09. The van der Waals surface area contributed by atoms with Gasteiger partial charge in [0.1, 0.15) is 5.75 Å². The zero-order valence-electron chi connectivity index (χ0n) is 9.87. The molecule has 0 saturated heterocycles. The largest absolute Gasteiger partial charge is 0.508 e. The van der Waals surface area contributed by atoms with Gasteiger partial charge in [-0.05, 0) is 48.4 Å². The number of hydrogen-bond acceptors (Lipinski definition) is 2. The van der Waals surface area contributed by atoms with E-state index in [1.54, 1.807) is 18.2 Å². The van der Waals surface area contributed by atoms with Crippen LogP contribution in [0.3, 0.4) is 0 Å². The molecule has 0 unspecified atom stereocenters. The number of anilines is 1. The Hall–Kier alpha value is -2.10. The summed E-state index contributed by atoms with van der Waals surface area (Å²) in [6, 6.07) is 8.74. The minimum Gasteiger partial charge on any atom is -0.508 e. The van der Waals surface area contributed by atoms with Crippen LogP contribution in [0.4, 0.5) is 14.5 Å². The Bertz CT molecular complexity index is 570. The highest BCUT2D eigenvalue weighted by atomic mass is 19.2. The number of aromatic hydroxyl groups is 1. The molecule has 0 radical (unpaired) electrons. The minimum atomic E-state index is -0.850. The van der Waals surface area contributed by atoms with Crippen LogP contribution in [0, 0.1) is 18.6 Å². The molecule has 18 heavy (non-hydrogen) atoms. The zero-order valence-corrected chi connectivity index (χ0v) is 9.87. The maximum atomic E-state index is 13.0. The second kappa shape index (κ2) is 5.04. The normalized spacial score (nSPS) is 10.4. The van der Waals surface area contributed by atoms with Crippen molar-refractivity contribution in [3.8, 4) is 5.75 Å². The molecule has 0 amide bonds. The molecule has 2 nitrogen and oxygen atoms in total. The van der Waals surface area contributed by atoms with Crippen molar-refractivity contribution in [1.82, 2.24) is 0 Å². The molecule has 0 spiro atoms. The number of nitrogens with one attached hydrogen (secondary N) is 1. The van der Waals surface area contributed by atoms with Crippen molar-refractivity contribution in [2.75, 3.05) is 5.32 Å². The van der Waals surface area contributed by atoms with E-state index in [9.17, 15) is 13.9 Å². The van der Waals surface area contributed by atoms with Crippen LogP contribution in [0.15, 0.2) is 36.4 Å². The maximum absolute atomic E-state index is 13.0. The molecule has 4 heteroatoms. The van der Waals surface area contributed by atoms with Gasteiger partial charge in [-0.15, -0.1) is 0 Å². The van der Waals surface area contributed by atoms with Crippen LogP contribution in [-0.2, 0) is 6.54 Å². The first kappa shape index (κ1) is 12.4. The highest BCUT2D eigenvalue weighted by Crippen LogP contribution is 2.21. The van der Waals surface area contributed by atoms with Gasteiger partial charge >= 0.3 is 0 Å². The smallest absolute Gasteiger partial charge is 0.159 e. The Labute approximate surface area is 104 Å². The van der Waals surface area contributed by atoms with Crippen molar-refractivity contribution < 1.29 is 13.9 Å². The van der Waals surface area contributed by atoms with Crippen molar-refractivity contribution >= 4 is 5.69 Å². The van der Waals surface area contributed by atoms with Gasteiger partial charge in [-0.1, -0.05) is 6.07 Å². The maximum Gasteiger partial charge on any atom is 0.159 e. The van der Waals surface area contributed by atoms with Gasteiger partial charge in [-0.25, -0.2) is 8.78 Å². The standard InChI is InChI=1S/C14H13F2NO/c1-9-6-11(18)3-5-14(9)17-8-10-2-4-12(15)13(16)7-10/h2-7,17-18H,8H2,1H3. The molecule has 2 aromatic carbocycles. The van der Waals surface area contributed by atoms with E-state index in [0.29, 0.717) is 12.1 Å². The molecular weight excluding hydrogens is 236 g/mol. The van der Waals surface area contributed by atoms with Crippen LogP contribution < -0.4 is 5.32 Å². The summed E-state index contributed by atoms with van der Waals surface area (Å²) in [6.07, 6.45) is 0. The molecule has 2 N–H and O–H groups in total. The molecule has 0 aromatic heterocycles. The Morgan fingerprint density at radius 1 is 1.06 bits per heavy atom. The second-order valence-corrected chi connectivity index (χ2v) is 4.10. The molecule has 0 atom stereocenters. The summed E-state index contributed by atoms with van der Waals surface area (Å²) in [5.41, 5.74) is 2.39. The van der Waals surface area contributed by atoms with E-state index in [4.69, 9.17) is 0 Å². The SMILES string of the molecule is Cc1cc(O)ccc1NCc1ccc(F)c(F)c1. The lowest BCUT2D eigenvalue weighted by Crippen LogP contribution is -2.01. The second-order valence-electron chi connectivity index (χ2n) is 4.10. The fraction of sp³-hybridized carbons (Fsp3) is 0.143. The van der Waals surface area contributed by atoms with Crippen LogP contribution in [0.5, 0.6) is 5.75 Å². The fourth-order valence-corrected chi connectivity index (χ4v) is 1.69. The van der Waals surface area contributed by atoms with E-state index in [0.717, 1.165) is 23.4 Å². The number of rotatable bonds is 3. The van der Waals surface area contributed by atoms with Gasteiger partial charge in [0.05, 0.1) is 0 Å². The number of phenolic OH excluding ortho intramolecular Hbond substituents is 1. The van der Waals surface area contributed by atoms with Gasteiger partial charge in [0, 0.05) is 12.2 Å². The predicted molar refractivity (Wildman–Crippen MR) is 66.5 cm³/mol. The summed E-state index contributed by atoms with van der Waals surface area (Å²) in [7, 11) is 0. The van der Waals surface area contributed by atoms with Crippen LogP contribution in [0.25, 0.3) is 0 Å². The Morgan fingerprint density at radius 2 is 1.83 bits per heavy atom. The first-order valence-electron chi connectivity index (χ1n) is 5.53. The number of phenols is 1. The van der Waals surface area contributed by atoms with Gasteiger partial charge in [0.15, 0.2) is 11.6 Å². The first-order chi connectivity index (χ1) is 8.56. The molecule has 2 rings (SSSR count). The number of halogens is 2. The summed E-state index contributed by atoms with van der Waals surface area (Å²) >= 11 is 0. The van der Waals surface area contributed by atoms with Crippen molar-refractivity contribution in [2.24, 2.45) is 0 Å². The number of benzene rings is 2. The van der Waals surface area contributed by atoms with E-state index >= 15 is 0 Å². The third-order valence-electron chi connectivity index (χ3n) is 2.68. The molecule has 2 aromatic rings. The van der Waals surface area contributed by atoms with Gasteiger partial charge < -0.3 is 10.4 Å². The molecular formula is C14H13F2NO. The van der Waals surface area contributed by atoms with E-state index < -0.39 is 11.6 Å². The van der Waals surface area contributed by atoms with Crippen LogP contribution >= 0.6 is 0 Å². The Morgan fingerprint density at radius 3 is 2.50 bits per heavy atom. The highest BCUT2D eigenvalue weighted by Gasteiger charge is 2.03. The molecule has 0 bridgehead atoms. The van der Waals surface area contributed by atoms with Gasteiger partial charge in [0.2, 0.25) is 0 Å². The summed E-state index contributed by atoms with van der Waals surface area (Å²) in [6.45, 7) is 2.25. The monoisotopic (exact) mass is 249 g/mol. The fourth-order valence-electron chi connectivity index (χ4n) is 1.69.